The van der Waals surface area contributed by atoms with Crippen molar-refractivity contribution in [1.29, 1.82) is 0 Å². The van der Waals surface area contributed by atoms with Gasteiger partial charge < -0.3 is 20.0 Å². The van der Waals surface area contributed by atoms with Gasteiger partial charge in [-0.2, -0.15) is 0 Å². The highest BCUT2D eigenvalue weighted by Crippen LogP contribution is 2.21. The second-order valence-electron chi connectivity index (χ2n) is 9.31. The topological polar surface area (TPSA) is 55.9 Å². The van der Waals surface area contributed by atoms with Crippen LogP contribution in [0.2, 0.25) is 0 Å². The van der Waals surface area contributed by atoms with Crippen molar-refractivity contribution < 1.29 is 14.0 Å². The van der Waals surface area contributed by atoms with Crippen molar-refractivity contribution in [2.45, 2.75) is 32.9 Å². The van der Waals surface area contributed by atoms with E-state index in [-0.39, 0.29) is 24.3 Å². The summed E-state index contributed by atoms with van der Waals surface area (Å²) in [5.74, 6) is -0.462. The molecule has 9 heteroatoms. The maximum absolute atomic E-state index is 13.7. The van der Waals surface area contributed by atoms with Crippen molar-refractivity contribution in [3.63, 3.8) is 0 Å². The third kappa shape index (κ3) is 8.12. The zero-order valence-electron chi connectivity index (χ0n) is 21.0. The summed E-state index contributed by atoms with van der Waals surface area (Å²) in [4.78, 5) is 33.8. The molecular formula is C28H32BrFN4O2S. The number of rotatable bonds is 10. The molecule has 1 fully saturated rings. The largest absolute Gasteiger partial charge is 0.332 e. The minimum absolute atomic E-state index is 0.0424. The van der Waals surface area contributed by atoms with E-state index in [1.165, 1.54) is 12.1 Å². The molecule has 37 heavy (non-hydrogen) atoms. The molecule has 1 N–H and O–H groups in total. The fraction of sp³-hybridized carbons (Fsp3) is 0.357. The number of urea groups is 1. The van der Waals surface area contributed by atoms with E-state index in [9.17, 15) is 14.0 Å². The highest BCUT2D eigenvalue weighted by atomic mass is 79.9. The van der Waals surface area contributed by atoms with Gasteiger partial charge in [0.05, 0.1) is 6.54 Å². The van der Waals surface area contributed by atoms with Crippen LogP contribution in [0.15, 0.2) is 64.5 Å². The molecule has 3 amide bonds. The summed E-state index contributed by atoms with van der Waals surface area (Å²) in [5.41, 5.74) is 2.63. The van der Waals surface area contributed by atoms with Gasteiger partial charge in [0.15, 0.2) is 0 Å². The summed E-state index contributed by atoms with van der Waals surface area (Å²) < 4.78 is 14.3. The van der Waals surface area contributed by atoms with E-state index in [2.05, 4.69) is 26.1 Å². The summed E-state index contributed by atoms with van der Waals surface area (Å²) in [6.07, 6.45) is 2.32. The third-order valence-corrected chi connectivity index (χ3v) is 8.02. The molecule has 2 heterocycles. The lowest BCUT2D eigenvalue weighted by Gasteiger charge is -2.29. The molecule has 0 radical (unpaired) electrons. The first kappa shape index (κ1) is 27.3. The van der Waals surface area contributed by atoms with Crippen LogP contribution in [0, 0.1) is 12.7 Å². The normalized spacial score (nSPS) is 13.5. The number of nitrogens with one attached hydrogen (secondary N) is 1. The zero-order chi connectivity index (χ0) is 26.2. The fourth-order valence-corrected chi connectivity index (χ4v) is 5.65. The first-order valence-electron chi connectivity index (χ1n) is 12.5. The molecule has 0 aliphatic carbocycles. The summed E-state index contributed by atoms with van der Waals surface area (Å²) in [6.45, 7) is 5.97. The predicted octanol–water partition coefficient (Wildman–Crippen LogP) is 6.12. The van der Waals surface area contributed by atoms with Crippen molar-refractivity contribution in [3.8, 4) is 0 Å². The Balaban J connectivity index is 1.51. The molecule has 2 aromatic carbocycles. The predicted molar refractivity (Wildman–Crippen MR) is 150 cm³/mol. The second-order valence-corrected chi connectivity index (χ2v) is 11.2. The van der Waals surface area contributed by atoms with Crippen molar-refractivity contribution in [2.75, 3.05) is 38.0 Å². The fourth-order valence-electron chi connectivity index (χ4n) is 4.33. The van der Waals surface area contributed by atoms with Gasteiger partial charge in [-0.15, -0.1) is 11.3 Å². The van der Waals surface area contributed by atoms with Gasteiger partial charge in [-0.05, 0) is 85.8 Å². The van der Waals surface area contributed by atoms with E-state index >= 15 is 0 Å². The highest BCUT2D eigenvalue weighted by Gasteiger charge is 2.24. The molecular weight excluding hydrogens is 555 g/mol. The molecule has 4 rings (SSSR count). The van der Waals surface area contributed by atoms with Gasteiger partial charge in [-0.1, -0.05) is 34.1 Å². The van der Waals surface area contributed by atoms with Gasteiger partial charge in [0.2, 0.25) is 5.91 Å². The number of carbonyl (C=O) groups excluding carboxylic acids is 2. The van der Waals surface area contributed by atoms with Crippen molar-refractivity contribution in [3.05, 3.63) is 86.3 Å². The molecule has 0 spiro atoms. The number of nitrogens with zero attached hydrogens (tertiary/aromatic N) is 3. The van der Waals surface area contributed by atoms with Crippen molar-refractivity contribution in [2.24, 2.45) is 0 Å². The number of hydrogen-bond donors (Lipinski definition) is 1. The average Bonchev–Trinajstić information content (AvgIpc) is 3.54. The quantitative estimate of drug-likeness (QED) is 0.311. The minimum Gasteiger partial charge on any atom is -0.332 e. The number of amides is 3. The highest BCUT2D eigenvalue weighted by molar-refractivity contribution is 9.10. The molecule has 1 saturated heterocycles. The van der Waals surface area contributed by atoms with Crippen molar-refractivity contribution >= 4 is 44.9 Å². The number of aryl methyl sites for hydroxylation is 1. The molecule has 0 saturated carbocycles. The Labute approximate surface area is 230 Å². The first-order chi connectivity index (χ1) is 17.9. The molecule has 0 bridgehead atoms. The van der Waals surface area contributed by atoms with Gasteiger partial charge in [-0.25, -0.2) is 9.18 Å². The van der Waals surface area contributed by atoms with Gasteiger partial charge in [0, 0.05) is 34.7 Å². The monoisotopic (exact) mass is 586 g/mol. The van der Waals surface area contributed by atoms with E-state index in [0.29, 0.717) is 25.3 Å². The smallest absolute Gasteiger partial charge is 0.322 e. The zero-order valence-corrected chi connectivity index (χ0v) is 23.4. The SMILES string of the molecule is Cc1ccsc1CN(Cc1ccc(F)cc1)C(=O)CN(CCN1CCCC1)C(=O)Nc1cccc(Br)c1. The third-order valence-electron chi connectivity index (χ3n) is 6.52. The minimum atomic E-state index is -0.312. The maximum atomic E-state index is 13.7. The number of benzene rings is 2. The van der Waals surface area contributed by atoms with E-state index in [0.717, 1.165) is 53.0 Å². The Hall–Kier alpha value is -2.75. The van der Waals surface area contributed by atoms with Crippen LogP contribution in [-0.2, 0) is 17.9 Å². The lowest BCUT2D eigenvalue weighted by atomic mass is 10.2. The van der Waals surface area contributed by atoms with Crippen LogP contribution in [0.3, 0.4) is 0 Å². The number of hydrogen-bond acceptors (Lipinski definition) is 4. The summed E-state index contributed by atoms with van der Waals surface area (Å²) in [6, 6.07) is 15.3. The Morgan fingerprint density at radius 2 is 1.81 bits per heavy atom. The number of halogens is 2. The van der Waals surface area contributed by atoms with E-state index < -0.39 is 0 Å². The van der Waals surface area contributed by atoms with E-state index in [1.54, 1.807) is 33.3 Å². The van der Waals surface area contributed by atoms with Crippen LogP contribution >= 0.6 is 27.3 Å². The van der Waals surface area contributed by atoms with Crippen molar-refractivity contribution in [1.82, 2.24) is 14.7 Å². The molecule has 6 nitrogen and oxygen atoms in total. The Bertz CT molecular complexity index is 1200. The Morgan fingerprint density at radius 1 is 1.05 bits per heavy atom. The van der Waals surface area contributed by atoms with Gasteiger partial charge in [0.1, 0.15) is 12.4 Å². The second kappa shape index (κ2) is 13.2. The van der Waals surface area contributed by atoms with Crippen LogP contribution in [0.25, 0.3) is 0 Å². The van der Waals surface area contributed by atoms with Crippen LogP contribution in [0.4, 0.5) is 14.9 Å². The summed E-state index contributed by atoms with van der Waals surface area (Å²) >= 11 is 5.04. The number of likely N-dealkylation sites (tertiary alicyclic amines) is 1. The Morgan fingerprint density at radius 3 is 2.49 bits per heavy atom. The molecule has 1 aromatic heterocycles. The number of thiophene rings is 1. The molecule has 0 unspecified atom stereocenters. The van der Waals surface area contributed by atoms with E-state index in [4.69, 9.17) is 0 Å². The lowest BCUT2D eigenvalue weighted by Crippen LogP contribution is -2.46. The van der Waals surface area contributed by atoms with Gasteiger partial charge in [0.25, 0.3) is 0 Å². The summed E-state index contributed by atoms with van der Waals surface area (Å²) in [7, 11) is 0. The van der Waals surface area contributed by atoms with Gasteiger partial charge >= 0.3 is 6.03 Å². The standard InChI is InChI=1S/C28H32BrFN4O2S/c1-21-11-16-37-26(21)19-34(18-22-7-9-24(30)10-8-22)27(35)20-33(15-14-32-12-2-3-13-32)28(36)31-25-6-4-5-23(29)17-25/h4-11,16-17H,2-3,12-15,18-20H2,1H3,(H,31,36). The lowest BCUT2D eigenvalue weighted by molar-refractivity contribution is -0.133. The Kier molecular flexibility index (Phi) is 9.71. The van der Waals surface area contributed by atoms with Crippen LogP contribution in [0.1, 0.15) is 28.8 Å². The van der Waals surface area contributed by atoms with E-state index in [1.807, 2.05) is 42.6 Å². The van der Waals surface area contributed by atoms with Crippen LogP contribution < -0.4 is 5.32 Å². The van der Waals surface area contributed by atoms with Gasteiger partial charge in [-0.3, -0.25) is 4.79 Å². The molecule has 3 aromatic rings. The number of anilines is 1. The maximum Gasteiger partial charge on any atom is 0.322 e. The van der Waals surface area contributed by atoms with Crippen LogP contribution in [-0.4, -0.2) is 59.4 Å². The molecule has 1 aliphatic heterocycles. The average molecular weight is 588 g/mol. The molecule has 0 atom stereocenters. The number of carbonyl (C=O) groups is 2. The summed E-state index contributed by atoms with van der Waals surface area (Å²) in [5, 5.41) is 4.95. The van der Waals surface area contributed by atoms with Crippen LogP contribution in [0.5, 0.6) is 0 Å². The first-order valence-corrected chi connectivity index (χ1v) is 14.1. The molecule has 196 valence electrons. The molecule has 1 aliphatic rings.